The second-order valence-corrected chi connectivity index (χ2v) is 3.71. The first kappa shape index (κ1) is 12.4. The fraction of sp³-hybridized carbons (Fsp3) is 0.308. The molecular formula is C13H16N2O3. The zero-order valence-electron chi connectivity index (χ0n) is 10.7. The van der Waals surface area contributed by atoms with Gasteiger partial charge in [-0.1, -0.05) is 6.07 Å². The van der Waals surface area contributed by atoms with Crippen LogP contribution >= 0.6 is 0 Å². The fourth-order valence-corrected chi connectivity index (χ4v) is 1.75. The Kier molecular flexibility index (Phi) is 3.84. The van der Waals surface area contributed by atoms with Crippen molar-refractivity contribution in [1.29, 1.82) is 0 Å². The second kappa shape index (κ2) is 5.55. The molecule has 18 heavy (non-hydrogen) atoms. The molecule has 0 saturated heterocycles. The van der Waals surface area contributed by atoms with Crippen LogP contribution in [0.1, 0.15) is 5.69 Å². The molecule has 1 aromatic heterocycles. The Bertz CT molecular complexity index is 500. The van der Waals surface area contributed by atoms with Crippen LogP contribution in [-0.2, 0) is 6.54 Å². The van der Waals surface area contributed by atoms with Gasteiger partial charge in [-0.2, -0.15) is 0 Å². The Morgan fingerprint density at radius 3 is 2.44 bits per heavy atom. The summed E-state index contributed by atoms with van der Waals surface area (Å²) in [5.74, 6) is 1.84. The molecule has 5 heteroatoms. The van der Waals surface area contributed by atoms with Crippen LogP contribution in [0.5, 0.6) is 11.5 Å². The Labute approximate surface area is 106 Å². The average molecular weight is 248 g/mol. The van der Waals surface area contributed by atoms with E-state index >= 15 is 0 Å². The smallest absolute Gasteiger partial charge is 0.233 e. The largest absolute Gasteiger partial charge is 0.496 e. The van der Waals surface area contributed by atoms with Crippen molar-refractivity contribution in [2.24, 2.45) is 0 Å². The van der Waals surface area contributed by atoms with Gasteiger partial charge in [0.25, 0.3) is 0 Å². The van der Waals surface area contributed by atoms with Crippen LogP contribution in [-0.4, -0.2) is 26.3 Å². The number of ether oxygens (including phenoxy) is 2. The van der Waals surface area contributed by atoms with Crippen LogP contribution in [0.2, 0.25) is 0 Å². The van der Waals surface area contributed by atoms with Gasteiger partial charge >= 0.3 is 0 Å². The van der Waals surface area contributed by atoms with Crippen molar-refractivity contribution in [1.82, 2.24) is 10.3 Å². The summed E-state index contributed by atoms with van der Waals surface area (Å²) in [6.45, 7) is 0.654. The van der Waals surface area contributed by atoms with Crippen LogP contribution in [0.25, 0.3) is 11.5 Å². The topological polar surface area (TPSA) is 56.5 Å². The minimum atomic E-state index is 0.495. The van der Waals surface area contributed by atoms with Crippen LogP contribution in [0, 0.1) is 0 Å². The van der Waals surface area contributed by atoms with Crippen molar-refractivity contribution in [2.75, 3.05) is 21.3 Å². The lowest BCUT2D eigenvalue weighted by Crippen LogP contribution is -2.05. The molecule has 0 aliphatic rings. The van der Waals surface area contributed by atoms with Crippen molar-refractivity contribution in [3.63, 3.8) is 0 Å². The lowest BCUT2D eigenvalue weighted by Gasteiger charge is -2.09. The number of benzene rings is 1. The molecule has 5 nitrogen and oxygen atoms in total. The van der Waals surface area contributed by atoms with Gasteiger partial charge in [0, 0.05) is 6.54 Å². The second-order valence-electron chi connectivity index (χ2n) is 3.71. The van der Waals surface area contributed by atoms with Crippen molar-refractivity contribution < 1.29 is 13.9 Å². The number of hydrogen-bond acceptors (Lipinski definition) is 5. The van der Waals surface area contributed by atoms with Crippen molar-refractivity contribution in [3.05, 3.63) is 30.2 Å². The van der Waals surface area contributed by atoms with Gasteiger partial charge in [-0.3, -0.25) is 0 Å². The van der Waals surface area contributed by atoms with Gasteiger partial charge < -0.3 is 19.2 Å². The van der Waals surface area contributed by atoms with E-state index in [0.29, 0.717) is 23.9 Å². The summed E-state index contributed by atoms with van der Waals surface area (Å²) in [5.41, 5.74) is 1.56. The van der Waals surface area contributed by atoms with E-state index in [2.05, 4.69) is 10.3 Å². The summed E-state index contributed by atoms with van der Waals surface area (Å²) >= 11 is 0. The number of nitrogens with zero attached hydrogens (tertiary/aromatic N) is 1. The maximum Gasteiger partial charge on any atom is 0.233 e. The lowest BCUT2D eigenvalue weighted by molar-refractivity contribution is 0.394. The number of oxazole rings is 1. The SMILES string of the molecule is CNCc1coc(-c2c(OC)cccc2OC)n1. The predicted octanol–water partition coefficient (Wildman–Crippen LogP) is 2.08. The van der Waals surface area contributed by atoms with Gasteiger partial charge in [-0.15, -0.1) is 0 Å². The molecule has 1 aromatic carbocycles. The van der Waals surface area contributed by atoms with E-state index in [-0.39, 0.29) is 0 Å². The summed E-state index contributed by atoms with van der Waals surface area (Å²) in [6.07, 6.45) is 1.62. The maximum atomic E-state index is 5.48. The summed E-state index contributed by atoms with van der Waals surface area (Å²) in [6, 6.07) is 5.55. The molecule has 0 unspecified atom stereocenters. The van der Waals surface area contributed by atoms with E-state index < -0.39 is 0 Å². The molecule has 1 heterocycles. The fourth-order valence-electron chi connectivity index (χ4n) is 1.75. The Morgan fingerprint density at radius 1 is 1.22 bits per heavy atom. The molecule has 0 atom stereocenters. The highest BCUT2D eigenvalue weighted by atomic mass is 16.5. The summed E-state index contributed by atoms with van der Waals surface area (Å²) in [4.78, 5) is 4.40. The predicted molar refractivity (Wildman–Crippen MR) is 67.8 cm³/mol. The third-order valence-electron chi connectivity index (χ3n) is 2.55. The first-order chi connectivity index (χ1) is 8.80. The molecule has 0 spiro atoms. The molecule has 0 radical (unpaired) electrons. The van der Waals surface area contributed by atoms with E-state index in [4.69, 9.17) is 13.9 Å². The van der Waals surface area contributed by atoms with Crippen molar-refractivity contribution >= 4 is 0 Å². The van der Waals surface area contributed by atoms with Gasteiger partial charge in [-0.05, 0) is 19.2 Å². The molecule has 1 N–H and O–H groups in total. The number of hydrogen-bond donors (Lipinski definition) is 1. The van der Waals surface area contributed by atoms with Crippen LogP contribution in [0.15, 0.2) is 28.9 Å². The summed E-state index contributed by atoms with van der Waals surface area (Å²) < 4.78 is 16.1. The highest BCUT2D eigenvalue weighted by Gasteiger charge is 2.17. The number of methoxy groups -OCH3 is 2. The highest BCUT2D eigenvalue weighted by molar-refractivity contribution is 5.70. The molecule has 0 bridgehead atoms. The summed E-state index contributed by atoms with van der Waals surface area (Å²) in [7, 11) is 5.07. The third kappa shape index (κ3) is 2.31. The van der Waals surface area contributed by atoms with E-state index in [9.17, 15) is 0 Å². The zero-order valence-corrected chi connectivity index (χ0v) is 10.7. The van der Waals surface area contributed by atoms with Gasteiger partial charge in [0.05, 0.1) is 19.9 Å². The molecule has 0 amide bonds. The Balaban J connectivity index is 2.47. The molecule has 0 aliphatic carbocycles. The molecule has 2 rings (SSSR count). The van der Waals surface area contributed by atoms with Gasteiger partial charge in [0.2, 0.25) is 5.89 Å². The normalized spacial score (nSPS) is 10.4. The summed E-state index contributed by atoms with van der Waals surface area (Å²) in [5, 5.41) is 3.02. The van der Waals surface area contributed by atoms with Crippen LogP contribution in [0.3, 0.4) is 0 Å². The Hall–Kier alpha value is -2.01. The lowest BCUT2D eigenvalue weighted by atomic mass is 10.1. The van der Waals surface area contributed by atoms with Crippen molar-refractivity contribution in [2.45, 2.75) is 6.54 Å². The quantitative estimate of drug-likeness (QED) is 0.878. The number of nitrogens with one attached hydrogen (secondary N) is 1. The minimum absolute atomic E-state index is 0.495. The van der Waals surface area contributed by atoms with E-state index in [1.54, 1.807) is 20.5 Å². The molecular weight excluding hydrogens is 232 g/mol. The average Bonchev–Trinajstić information content (AvgIpc) is 2.86. The number of aromatic nitrogens is 1. The minimum Gasteiger partial charge on any atom is -0.496 e. The molecule has 2 aromatic rings. The van der Waals surface area contributed by atoms with E-state index in [1.807, 2.05) is 25.2 Å². The Morgan fingerprint density at radius 2 is 1.89 bits per heavy atom. The van der Waals surface area contributed by atoms with Crippen LogP contribution < -0.4 is 14.8 Å². The molecule has 0 aliphatic heterocycles. The van der Waals surface area contributed by atoms with Crippen molar-refractivity contribution in [3.8, 4) is 23.0 Å². The maximum absolute atomic E-state index is 5.48. The van der Waals surface area contributed by atoms with E-state index in [0.717, 1.165) is 11.3 Å². The van der Waals surface area contributed by atoms with Gasteiger partial charge in [0.15, 0.2) is 0 Å². The van der Waals surface area contributed by atoms with E-state index in [1.165, 1.54) is 0 Å². The third-order valence-corrected chi connectivity index (χ3v) is 2.55. The standard InChI is InChI=1S/C13H16N2O3/c1-14-7-9-8-18-13(15-9)12-10(16-2)5-4-6-11(12)17-3/h4-6,8,14H,7H2,1-3H3. The molecule has 0 fully saturated rings. The highest BCUT2D eigenvalue weighted by Crippen LogP contribution is 2.37. The van der Waals surface area contributed by atoms with Crippen LogP contribution in [0.4, 0.5) is 0 Å². The van der Waals surface area contributed by atoms with Gasteiger partial charge in [0.1, 0.15) is 23.3 Å². The zero-order chi connectivity index (χ0) is 13.0. The molecule has 0 saturated carbocycles. The number of rotatable bonds is 5. The first-order valence-corrected chi connectivity index (χ1v) is 5.60. The van der Waals surface area contributed by atoms with Gasteiger partial charge in [-0.25, -0.2) is 4.98 Å². The first-order valence-electron chi connectivity index (χ1n) is 5.60. The molecule has 96 valence electrons. The monoisotopic (exact) mass is 248 g/mol.